The summed E-state index contributed by atoms with van der Waals surface area (Å²) in [6.45, 7) is 2.01. The SMILES string of the molecule is C/C(=C/c1ccc(O)cc1)c1ccc(O)cc1. The van der Waals surface area contributed by atoms with E-state index in [1.54, 1.807) is 24.3 Å². The topological polar surface area (TPSA) is 40.5 Å². The average Bonchev–Trinajstić information content (AvgIpc) is 2.33. The summed E-state index contributed by atoms with van der Waals surface area (Å²) in [6.07, 6.45) is 2.03. The number of hydrogen-bond donors (Lipinski definition) is 2. The molecule has 2 aromatic rings. The van der Waals surface area contributed by atoms with Crippen molar-refractivity contribution in [2.75, 3.05) is 0 Å². The molecule has 0 unspecified atom stereocenters. The lowest BCUT2D eigenvalue weighted by atomic mass is 10.0. The second-order valence-electron chi connectivity index (χ2n) is 3.97. The smallest absolute Gasteiger partial charge is 0.115 e. The van der Waals surface area contributed by atoms with Gasteiger partial charge in [-0.1, -0.05) is 30.3 Å². The van der Waals surface area contributed by atoms with Crippen molar-refractivity contribution in [2.24, 2.45) is 0 Å². The molecule has 0 aliphatic heterocycles. The fraction of sp³-hybridized carbons (Fsp3) is 0.0667. The molecule has 0 atom stereocenters. The van der Waals surface area contributed by atoms with Gasteiger partial charge in [-0.3, -0.25) is 0 Å². The molecular weight excluding hydrogens is 212 g/mol. The highest BCUT2D eigenvalue weighted by Gasteiger charge is 1.97. The fourth-order valence-corrected chi connectivity index (χ4v) is 1.63. The Balaban J connectivity index is 2.27. The molecule has 17 heavy (non-hydrogen) atoms. The molecule has 86 valence electrons. The zero-order valence-electron chi connectivity index (χ0n) is 9.59. The van der Waals surface area contributed by atoms with E-state index >= 15 is 0 Å². The van der Waals surface area contributed by atoms with Crippen LogP contribution < -0.4 is 0 Å². The van der Waals surface area contributed by atoms with Crippen molar-refractivity contribution >= 4 is 11.6 Å². The maximum atomic E-state index is 9.21. The molecule has 0 bridgehead atoms. The molecule has 2 heteroatoms. The van der Waals surface area contributed by atoms with Crippen LogP contribution in [0.1, 0.15) is 18.1 Å². The molecule has 2 rings (SSSR count). The third-order valence-electron chi connectivity index (χ3n) is 2.60. The quantitative estimate of drug-likeness (QED) is 0.767. The van der Waals surface area contributed by atoms with E-state index in [0.29, 0.717) is 0 Å². The Morgan fingerprint density at radius 3 is 1.82 bits per heavy atom. The predicted octanol–water partition coefficient (Wildman–Crippen LogP) is 3.66. The third-order valence-corrected chi connectivity index (χ3v) is 2.60. The molecule has 0 radical (unpaired) electrons. The minimum absolute atomic E-state index is 0.268. The van der Waals surface area contributed by atoms with Crippen LogP contribution >= 0.6 is 0 Å². The number of allylic oxidation sites excluding steroid dienone is 1. The Morgan fingerprint density at radius 1 is 0.824 bits per heavy atom. The minimum Gasteiger partial charge on any atom is -0.508 e. The van der Waals surface area contributed by atoms with Crippen LogP contribution in [0.4, 0.5) is 0 Å². The van der Waals surface area contributed by atoms with Gasteiger partial charge >= 0.3 is 0 Å². The van der Waals surface area contributed by atoms with Crippen molar-refractivity contribution in [1.29, 1.82) is 0 Å². The van der Waals surface area contributed by atoms with Crippen LogP contribution in [0.3, 0.4) is 0 Å². The number of rotatable bonds is 2. The summed E-state index contributed by atoms with van der Waals surface area (Å²) in [4.78, 5) is 0. The van der Waals surface area contributed by atoms with Crippen molar-refractivity contribution in [2.45, 2.75) is 6.92 Å². The first-order valence-electron chi connectivity index (χ1n) is 5.42. The van der Waals surface area contributed by atoms with Crippen molar-refractivity contribution in [3.8, 4) is 11.5 Å². The highest BCUT2D eigenvalue weighted by atomic mass is 16.3. The maximum Gasteiger partial charge on any atom is 0.115 e. The van der Waals surface area contributed by atoms with Gasteiger partial charge in [-0.15, -0.1) is 0 Å². The summed E-state index contributed by atoms with van der Waals surface area (Å²) in [5.41, 5.74) is 3.21. The molecule has 0 saturated heterocycles. The molecule has 0 fully saturated rings. The first kappa shape index (κ1) is 11.3. The first-order chi connectivity index (χ1) is 8.15. The van der Waals surface area contributed by atoms with Crippen molar-refractivity contribution < 1.29 is 10.2 Å². The van der Waals surface area contributed by atoms with Crippen molar-refractivity contribution in [3.63, 3.8) is 0 Å². The van der Waals surface area contributed by atoms with E-state index in [1.807, 2.05) is 37.3 Å². The van der Waals surface area contributed by atoms with E-state index < -0.39 is 0 Å². The fourth-order valence-electron chi connectivity index (χ4n) is 1.63. The highest BCUT2D eigenvalue weighted by Crippen LogP contribution is 2.20. The number of aromatic hydroxyl groups is 2. The molecule has 2 nitrogen and oxygen atoms in total. The molecule has 0 heterocycles. The van der Waals surface area contributed by atoms with Gasteiger partial charge in [0.25, 0.3) is 0 Å². The number of phenolic OH excluding ortho intramolecular Hbond substituents is 2. The number of hydrogen-bond acceptors (Lipinski definition) is 2. The van der Waals surface area contributed by atoms with Crippen molar-refractivity contribution in [3.05, 3.63) is 59.7 Å². The Bertz CT molecular complexity index is 522. The predicted molar refractivity (Wildman–Crippen MR) is 69.8 cm³/mol. The Morgan fingerprint density at radius 2 is 1.29 bits per heavy atom. The summed E-state index contributed by atoms with van der Waals surface area (Å²) in [7, 11) is 0. The first-order valence-corrected chi connectivity index (χ1v) is 5.42. The molecule has 0 saturated carbocycles. The molecule has 0 amide bonds. The van der Waals surface area contributed by atoms with E-state index in [2.05, 4.69) is 0 Å². The van der Waals surface area contributed by atoms with E-state index in [-0.39, 0.29) is 11.5 Å². The molecule has 2 N–H and O–H groups in total. The van der Waals surface area contributed by atoms with Gasteiger partial charge in [-0.25, -0.2) is 0 Å². The second kappa shape index (κ2) is 4.74. The van der Waals surface area contributed by atoms with E-state index in [1.165, 1.54) is 0 Å². The normalized spacial score (nSPS) is 11.5. The van der Waals surface area contributed by atoms with Crippen LogP contribution in [-0.2, 0) is 0 Å². The zero-order chi connectivity index (χ0) is 12.3. The van der Waals surface area contributed by atoms with Crippen LogP contribution in [-0.4, -0.2) is 10.2 Å². The Labute approximate surface area is 100 Å². The molecule has 0 spiro atoms. The van der Waals surface area contributed by atoms with E-state index in [4.69, 9.17) is 0 Å². The number of benzene rings is 2. The summed E-state index contributed by atoms with van der Waals surface area (Å²) in [5, 5.41) is 18.4. The lowest BCUT2D eigenvalue weighted by Crippen LogP contribution is -1.79. The van der Waals surface area contributed by atoms with E-state index in [9.17, 15) is 10.2 Å². The van der Waals surface area contributed by atoms with Gasteiger partial charge in [0.05, 0.1) is 0 Å². The summed E-state index contributed by atoms with van der Waals surface area (Å²) in [6, 6.07) is 14.1. The molecule has 0 aromatic heterocycles. The van der Waals surface area contributed by atoms with Crippen LogP contribution in [0, 0.1) is 0 Å². The summed E-state index contributed by atoms with van der Waals surface area (Å²) >= 11 is 0. The average molecular weight is 226 g/mol. The maximum absolute atomic E-state index is 9.21. The standard InChI is InChI=1S/C15H14O2/c1-11(13-4-8-15(17)9-5-13)10-12-2-6-14(16)7-3-12/h2-10,16-17H,1H3/b11-10-. The van der Waals surface area contributed by atoms with Gasteiger partial charge in [-0.05, 0) is 47.9 Å². The van der Waals surface area contributed by atoms with Crippen LogP contribution in [0.15, 0.2) is 48.5 Å². The summed E-state index contributed by atoms with van der Waals surface area (Å²) in [5.74, 6) is 0.538. The zero-order valence-corrected chi connectivity index (χ0v) is 9.59. The monoisotopic (exact) mass is 226 g/mol. The molecule has 0 aliphatic rings. The van der Waals surface area contributed by atoms with Crippen LogP contribution in [0.2, 0.25) is 0 Å². The van der Waals surface area contributed by atoms with Gasteiger partial charge in [0.1, 0.15) is 11.5 Å². The molecule has 2 aromatic carbocycles. The van der Waals surface area contributed by atoms with Gasteiger partial charge < -0.3 is 10.2 Å². The van der Waals surface area contributed by atoms with Crippen molar-refractivity contribution in [1.82, 2.24) is 0 Å². The third kappa shape index (κ3) is 2.88. The largest absolute Gasteiger partial charge is 0.508 e. The molecule has 0 aliphatic carbocycles. The lowest BCUT2D eigenvalue weighted by molar-refractivity contribution is 0.474. The molecular formula is C15H14O2. The number of phenols is 2. The van der Waals surface area contributed by atoms with Gasteiger partial charge in [0, 0.05) is 0 Å². The second-order valence-corrected chi connectivity index (χ2v) is 3.97. The minimum atomic E-state index is 0.268. The Hall–Kier alpha value is -2.22. The van der Waals surface area contributed by atoms with E-state index in [0.717, 1.165) is 16.7 Å². The summed E-state index contributed by atoms with van der Waals surface area (Å²) < 4.78 is 0. The van der Waals surface area contributed by atoms with Gasteiger partial charge in [0.15, 0.2) is 0 Å². The Kier molecular flexibility index (Phi) is 3.15. The highest BCUT2D eigenvalue weighted by molar-refractivity contribution is 5.80. The van der Waals surface area contributed by atoms with Crippen LogP contribution in [0.5, 0.6) is 11.5 Å². The van der Waals surface area contributed by atoms with Crippen LogP contribution in [0.25, 0.3) is 11.6 Å². The van der Waals surface area contributed by atoms with Gasteiger partial charge in [-0.2, -0.15) is 0 Å². The van der Waals surface area contributed by atoms with Gasteiger partial charge in [0.2, 0.25) is 0 Å². The lowest BCUT2D eigenvalue weighted by Gasteiger charge is -2.02.